The smallest absolute Gasteiger partial charge is 0.327 e. The Labute approximate surface area is 133 Å². The summed E-state index contributed by atoms with van der Waals surface area (Å²) in [5, 5.41) is 0.626. The monoisotopic (exact) mass is 389 g/mol. The van der Waals surface area contributed by atoms with Gasteiger partial charge in [0.1, 0.15) is 18.0 Å². The van der Waals surface area contributed by atoms with Gasteiger partial charge >= 0.3 is 10.0 Å². The molecule has 4 nitrogen and oxygen atoms in total. The highest BCUT2D eigenvalue weighted by Gasteiger charge is 2.32. The zero-order valence-corrected chi connectivity index (χ0v) is 14.2. The molecule has 1 heterocycles. The van der Waals surface area contributed by atoms with Crippen LogP contribution < -0.4 is 21.3 Å². The van der Waals surface area contributed by atoms with E-state index in [1.807, 2.05) is 0 Å². The van der Waals surface area contributed by atoms with Gasteiger partial charge in [-0.25, -0.2) is 4.31 Å². The van der Waals surface area contributed by atoms with Gasteiger partial charge in [-0.15, -0.1) is 0 Å². The maximum atomic E-state index is 12.4. The number of nitrogens with one attached hydrogen (secondary N) is 1. The number of halogens is 3. The molecule has 1 N–H and O–H groups in total. The summed E-state index contributed by atoms with van der Waals surface area (Å²) in [5.41, 5.74) is 0.762. The van der Waals surface area contributed by atoms with Gasteiger partial charge in [-0.2, -0.15) is 8.42 Å². The summed E-state index contributed by atoms with van der Waals surface area (Å²) in [4.78, 5) is 0.0941. The molecule has 0 aliphatic carbocycles. The van der Waals surface area contributed by atoms with Crippen LogP contribution in [0.3, 0.4) is 0 Å². The van der Waals surface area contributed by atoms with E-state index in [0.717, 1.165) is 5.56 Å². The van der Waals surface area contributed by atoms with Crippen LogP contribution in [-0.4, -0.2) is 34.7 Å². The molecule has 0 bridgehead atoms. The molecule has 1 aliphatic heterocycles. The minimum Gasteiger partial charge on any atom is -1.00 e. The topological polar surface area (TPSA) is 47.8 Å². The Balaban J connectivity index is 0.00000180. The number of ether oxygens (including phenoxy) is 1. The van der Waals surface area contributed by atoms with Gasteiger partial charge in [0.2, 0.25) is 0 Å². The molecule has 1 aliphatic rings. The van der Waals surface area contributed by atoms with Crippen LogP contribution in [0.15, 0.2) is 17.0 Å². The number of hydrogen-bond acceptors (Lipinski definition) is 3. The zero-order chi connectivity index (χ0) is 13.3. The van der Waals surface area contributed by atoms with Crippen molar-refractivity contribution in [1.82, 2.24) is 0 Å². The van der Waals surface area contributed by atoms with Gasteiger partial charge in [-0.1, -0.05) is 23.2 Å². The number of morpholine rings is 1. The van der Waals surface area contributed by atoms with Crippen molar-refractivity contribution in [1.29, 1.82) is 0 Å². The molecule has 2 rings (SSSR count). The lowest BCUT2D eigenvalue weighted by Crippen LogP contribution is -3.15. The van der Waals surface area contributed by atoms with Crippen LogP contribution in [0.4, 0.5) is 0 Å². The van der Waals surface area contributed by atoms with Crippen LogP contribution in [0.2, 0.25) is 10.0 Å². The van der Waals surface area contributed by atoms with Gasteiger partial charge in [0.25, 0.3) is 0 Å². The molecular formula is C11H14BrCl2NO3S. The Hall–Kier alpha value is 0.150. The molecule has 108 valence electrons. The number of quaternary nitrogens is 1. The van der Waals surface area contributed by atoms with Crippen LogP contribution in [0.1, 0.15) is 5.56 Å². The average molecular weight is 391 g/mol. The van der Waals surface area contributed by atoms with Crippen molar-refractivity contribution in [2.75, 3.05) is 26.3 Å². The van der Waals surface area contributed by atoms with E-state index in [-0.39, 0.29) is 26.9 Å². The highest BCUT2D eigenvalue weighted by Crippen LogP contribution is 2.27. The molecule has 0 radical (unpaired) electrons. The quantitative estimate of drug-likeness (QED) is 0.630. The molecule has 0 aromatic heterocycles. The molecule has 0 atom stereocenters. The summed E-state index contributed by atoms with van der Waals surface area (Å²) in [6.07, 6.45) is 0. The van der Waals surface area contributed by atoms with Crippen LogP contribution in [0.5, 0.6) is 0 Å². The molecule has 0 unspecified atom stereocenters. The molecule has 8 heteroatoms. The van der Waals surface area contributed by atoms with Crippen LogP contribution >= 0.6 is 23.2 Å². The molecule has 1 aromatic carbocycles. The fraction of sp³-hybridized carbons (Fsp3) is 0.455. The van der Waals surface area contributed by atoms with Crippen LogP contribution in [0.25, 0.3) is 0 Å². The summed E-state index contributed by atoms with van der Waals surface area (Å²) in [6, 6.07) is 3.01. The lowest BCUT2D eigenvalue weighted by molar-refractivity contribution is -0.779. The van der Waals surface area contributed by atoms with Gasteiger partial charge in [0.15, 0.2) is 0 Å². The first-order valence-corrected chi connectivity index (χ1v) is 7.80. The molecular weight excluding hydrogens is 377 g/mol. The van der Waals surface area contributed by atoms with Crippen LogP contribution in [-0.2, 0) is 14.8 Å². The van der Waals surface area contributed by atoms with Crippen LogP contribution in [0, 0.1) is 6.92 Å². The molecule has 0 amide bonds. The predicted octanol–water partition coefficient (Wildman–Crippen LogP) is -2.09. The molecule has 19 heavy (non-hydrogen) atoms. The summed E-state index contributed by atoms with van der Waals surface area (Å²) in [7, 11) is -3.51. The highest BCUT2D eigenvalue weighted by atomic mass is 79.9. The van der Waals surface area contributed by atoms with Gasteiger partial charge in [0.05, 0.1) is 18.2 Å². The predicted molar refractivity (Wildman–Crippen MR) is 69.9 cm³/mol. The minimum absolute atomic E-state index is 0. The second-order valence-electron chi connectivity index (χ2n) is 4.19. The highest BCUT2D eigenvalue weighted by molar-refractivity contribution is 7.85. The zero-order valence-electron chi connectivity index (χ0n) is 10.3. The summed E-state index contributed by atoms with van der Waals surface area (Å²) in [5.74, 6) is 0. The SMILES string of the molecule is Cc1cc(Cl)c(S(=O)(=O)[NH+]2CCOCC2)cc1Cl.[Br-]. The van der Waals surface area contributed by atoms with E-state index in [2.05, 4.69) is 0 Å². The summed E-state index contributed by atoms with van der Waals surface area (Å²) >= 11 is 12.0. The van der Waals surface area contributed by atoms with E-state index in [9.17, 15) is 8.42 Å². The third kappa shape index (κ3) is 3.62. The van der Waals surface area contributed by atoms with Gasteiger partial charge in [-0.05, 0) is 24.6 Å². The normalized spacial score (nSPS) is 17.0. The van der Waals surface area contributed by atoms with Crippen molar-refractivity contribution in [3.8, 4) is 0 Å². The van der Waals surface area contributed by atoms with E-state index < -0.39 is 10.0 Å². The Morgan fingerprint density at radius 1 is 1.16 bits per heavy atom. The second kappa shape index (κ2) is 6.74. The van der Waals surface area contributed by atoms with Crippen molar-refractivity contribution in [2.24, 2.45) is 0 Å². The van der Waals surface area contributed by atoms with Gasteiger partial charge < -0.3 is 21.7 Å². The minimum atomic E-state index is -3.51. The fourth-order valence-electron chi connectivity index (χ4n) is 1.86. The number of hydrogen-bond donors (Lipinski definition) is 1. The molecule has 1 aromatic rings. The second-order valence-corrected chi connectivity index (χ2v) is 7.02. The van der Waals surface area contributed by atoms with E-state index in [4.69, 9.17) is 27.9 Å². The van der Waals surface area contributed by atoms with E-state index >= 15 is 0 Å². The molecule has 0 spiro atoms. The van der Waals surface area contributed by atoms with E-state index in [0.29, 0.717) is 35.6 Å². The number of aryl methyl sites for hydroxylation is 1. The molecule has 0 saturated carbocycles. The maximum Gasteiger partial charge on any atom is 0.327 e. The first kappa shape index (κ1) is 17.2. The van der Waals surface area contributed by atoms with E-state index in [1.54, 1.807) is 13.0 Å². The lowest BCUT2D eigenvalue weighted by atomic mass is 10.2. The number of sulfonamides is 1. The van der Waals surface area contributed by atoms with Crippen molar-refractivity contribution in [3.05, 3.63) is 27.7 Å². The van der Waals surface area contributed by atoms with Gasteiger partial charge in [-0.3, -0.25) is 0 Å². The third-order valence-corrected chi connectivity index (χ3v) is 5.85. The largest absolute Gasteiger partial charge is 1.00 e. The summed E-state index contributed by atoms with van der Waals surface area (Å²) < 4.78 is 30.5. The van der Waals surface area contributed by atoms with Crippen molar-refractivity contribution in [2.45, 2.75) is 11.8 Å². The van der Waals surface area contributed by atoms with Crippen molar-refractivity contribution < 1.29 is 34.4 Å². The first-order chi connectivity index (χ1) is 8.43. The third-order valence-electron chi connectivity index (χ3n) is 2.93. The average Bonchev–Trinajstić information content (AvgIpc) is 2.34. The van der Waals surface area contributed by atoms with Crippen molar-refractivity contribution >= 4 is 33.2 Å². The first-order valence-electron chi connectivity index (χ1n) is 5.56. The summed E-state index contributed by atoms with van der Waals surface area (Å²) in [6.45, 7) is 3.50. The van der Waals surface area contributed by atoms with Gasteiger partial charge in [0, 0.05) is 5.02 Å². The molecule has 1 fully saturated rings. The number of benzene rings is 1. The Kier molecular flexibility index (Phi) is 6.10. The lowest BCUT2D eigenvalue weighted by Gasteiger charge is -2.23. The maximum absolute atomic E-state index is 12.4. The van der Waals surface area contributed by atoms with E-state index in [1.165, 1.54) is 6.07 Å². The number of rotatable bonds is 2. The molecule has 1 saturated heterocycles. The Morgan fingerprint density at radius 3 is 2.32 bits per heavy atom. The Bertz CT molecular complexity index is 559. The standard InChI is InChI=1S/C11H13Cl2NO3S.BrH/c1-8-6-10(13)11(7-9(8)12)18(15,16)14-2-4-17-5-3-14;/h6-7H,2-5H2,1H3;1H. The van der Waals surface area contributed by atoms with Crippen molar-refractivity contribution in [3.63, 3.8) is 0 Å². The Morgan fingerprint density at radius 2 is 1.74 bits per heavy atom. The fourth-order valence-corrected chi connectivity index (χ4v) is 4.21.